The number of aromatic nitrogens is 2. The molecule has 2 N–H and O–H groups in total. The summed E-state index contributed by atoms with van der Waals surface area (Å²) in [5.41, 5.74) is -0.749. The Morgan fingerprint density at radius 2 is 1.91 bits per heavy atom. The van der Waals surface area contributed by atoms with Gasteiger partial charge in [-0.15, -0.1) is 0 Å². The summed E-state index contributed by atoms with van der Waals surface area (Å²) in [5, 5.41) is 9.87. The predicted molar refractivity (Wildman–Crippen MR) is 118 cm³/mol. The zero-order chi connectivity index (χ0) is 23.0. The van der Waals surface area contributed by atoms with Crippen LogP contribution in [0.5, 0.6) is 11.5 Å². The van der Waals surface area contributed by atoms with E-state index < -0.39 is 23.4 Å². The highest BCUT2D eigenvalue weighted by Gasteiger charge is 2.49. The van der Waals surface area contributed by atoms with Crippen LogP contribution in [-0.4, -0.2) is 52.3 Å². The number of nitrogens with zero attached hydrogens (tertiary/aromatic N) is 3. The number of ether oxygens (including phenoxy) is 2. The Morgan fingerprint density at radius 1 is 1.15 bits per heavy atom. The molecular formula is C23H27N5O5. The number of carbonyl (C=O) groups excluding carboxylic acids is 3. The van der Waals surface area contributed by atoms with E-state index in [9.17, 15) is 14.4 Å². The first-order chi connectivity index (χ1) is 16.0. The highest BCUT2D eigenvalue weighted by molar-refractivity contribution is 6.10. The summed E-state index contributed by atoms with van der Waals surface area (Å²) >= 11 is 0. The molecule has 174 valence electrons. The van der Waals surface area contributed by atoms with Crippen molar-refractivity contribution in [2.75, 3.05) is 25.1 Å². The van der Waals surface area contributed by atoms with Gasteiger partial charge in [-0.2, -0.15) is 5.10 Å². The van der Waals surface area contributed by atoms with Gasteiger partial charge in [0.1, 0.15) is 17.9 Å². The molecule has 10 heteroatoms. The number of benzene rings is 1. The van der Waals surface area contributed by atoms with Gasteiger partial charge in [-0.1, -0.05) is 18.9 Å². The Morgan fingerprint density at radius 3 is 2.70 bits per heavy atom. The van der Waals surface area contributed by atoms with E-state index in [1.807, 2.05) is 4.68 Å². The van der Waals surface area contributed by atoms with E-state index in [0.717, 1.165) is 37.0 Å². The fourth-order valence-electron chi connectivity index (χ4n) is 4.69. The molecule has 2 aromatic rings. The summed E-state index contributed by atoms with van der Waals surface area (Å²) in [6.45, 7) is 2.30. The molecule has 3 heterocycles. The monoisotopic (exact) mass is 453 g/mol. The molecule has 33 heavy (non-hydrogen) atoms. The summed E-state index contributed by atoms with van der Waals surface area (Å²) in [5.74, 6) is 0.753. The lowest BCUT2D eigenvalue weighted by molar-refractivity contribution is -0.133. The normalized spacial score (nSPS) is 22.9. The lowest BCUT2D eigenvalue weighted by Gasteiger charge is -2.23. The third-order valence-electron chi connectivity index (χ3n) is 6.51. The van der Waals surface area contributed by atoms with E-state index in [1.165, 1.54) is 0 Å². The van der Waals surface area contributed by atoms with Crippen molar-refractivity contribution in [2.24, 2.45) is 0 Å². The summed E-state index contributed by atoms with van der Waals surface area (Å²) in [4.78, 5) is 39.6. The van der Waals surface area contributed by atoms with E-state index in [4.69, 9.17) is 9.47 Å². The molecule has 1 saturated heterocycles. The van der Waals surface area contributed by atoms with Crippen molar-refractivity contribution in [3.63, 3.8) is 0 Å². The molecule has 3 aliphatic rings. The second-order valence-electron chi connectivity index (χ2n) is 8.81. The third-order valence-corrected chi connectivity index (χ3v) is 6.51. The Bertz CT molecular complexity index is 1090. The van der Waals surface area contributed by atoms with Crippen LogP contribution < -0.4 is 20.1 Å². The second-order valence-corrected chi connectivity index (χ2v) is 8.81. The first-order valence-electron chi connectivity index (χ1n) is 11.3. The standard InChI is InChI=1S/C23H27N5O5/c1-23(15-7-8-17-18(13-15)33-12-4-11-32-17)21(30)27(22(31)26-23)14-20(29)25-19-9-10-24-28(19)16-5-2-3-6-16/h7-10,13,16H,2-6,11-12,14H2,1H3,(H,25,29)(H,26,31). The second kappa shape index (κ2) is 8.42. The van der Waals surface area contributed by atoms with Crippen molar-refractivity contribution >= 4 is 23.7 Å². The molecule has 2 aliphatic heterocycles. The maximum atomic E-state index is 13.3. The molecule has 1 unspecified atom stereocenters. The van der Waals surface area contributed by atoms with Crippen LogP contribution in [0.1, 0.15) is 50.6 Å². The van der Waals surface area contributed by atoms with E-state index in [0.29, 0.717) is 36.1 Å². The lowest BCUT2D eigenvalue weighted by Crippen LogP contribution is -2.42. The van der Waals surface area contributed by atoms with Crippen LogP contribution in [0, 0.1) is 0 Å². The summed E-state index contributed by atoms with van der Waals surface area (Å²) in [6, 6.07) is 6.55. The van der Waals surface area contributed by atoms with Gasteiger partial charge in [-0.3, -0.25) is 14.5 Å². The Balaban J connectivity index is 1.30. The Kier molecular flexibility index (Phi) is 5.43. The van der Waals surface area contributed by atoms with Crippen LogP contribution in [0.25, 0.3) is 0 Å². The zero-order valence-corrected chi connectivity index (χ0v) is 18.5. The number of amides is 4. The molecule has 1 aliphatic carbocycles. The molecule has 5 rings (SSSR count). The number of imide groups is 1. The third kappa shape index (κ3) is 3.90. The number of carbonyl (C=O) groups is 3. The first-order valence-corrected chi connectivity index (χ1v) is 11.3. The number of rotatable bonds is 5. The molecule has 0 spiro atoms. The largest absolute Gasteiger partial charge is 0.490 e. The SMILES string of the molecule is CC1(c2ccc3c(c2)OCCCO3)NC(=O)N(CC(=O)Nc2ccnn2C2CCCC2)C1=O. The Labute approximate surface area is 191 Å². The lowest BCUT2D eigenvalue weighted by atomic mass is 9.91. The fourth-order valence-corrected chi connectivity index (χ4v) is 4.69. The summed E-state index contributed by atoms with van der Waals surface area (Å²) in [6.07, 6.45) is 6.72. The maximum absolute atomic E-state index is 13.3. The topological polar surface area (TPSA) is 115 Å². The van der Waals surface area contributed by atoms with Gasteiger partial charge in [0, 0.05) is 12.5 Å². The Hall–Kier alpha value is -3.56. The number of urea groups is 1. The molecule has 0 bridgehead atoms. The molecule has 10 nitrogen and oxygen atoms in total. The van der Waals surface area contributed by atoms with Crippen LogP contribution in [0.3, 0.4) is 0 Å². The summed E-state index contributed by atoms with van der Waals surface area (Å²) in [7, 11) is 0. The van der Waals surface area contributed by atoms with Crippen LogP contribution >= 0.6 is 0 Å². The zero-order valence-electron chi connectivity index (χ0n) is 18.5. The average Bonchev–Trinajstić information content (AvgIpc) is 3.48. The maximum Gasteiger partial charge on any atom is 0.325 e. The molecule has 1 aromatic carbocycles. The highest BCUT2D eigenvalue weighted by Crippen LogP contribution is 2.37. The van der Waals surface area contributed by atoms with Gasteiger partial charge in [-0.25, -0.2) is 9.48 Å². The molecular weight excluding hydrogens is 426 g/mol. The van der Waals surface area contributed by atoms with Gasteiger partial charge in [0.05, 0.1) is 25.5 Å². The number of fused-ring (bicyclic) bond motifs is 1. The first kappa shape index (κ1) is 21.3. The molecule has 0 radical (unpaired) electrons. The van der Waals surface area contributed by atoms with Crippen LogP contribution in [-0.2, 0) is 15.1 Å². The van der Waals surface area contributed by atoms with E-state index >= 15 is 0 Å². The number of hydrogen-bond acceptors (Lipinski definition) is 6. The minimum Gasteiger partial charge on any atom is -0.490 e. The van der Waals surface area contributed by atoms with Crippen molar-refractivity contribution in [3.8, 4) is 11.5 Å². The minimum absolute atomic E-state index is 0.259. The van der Waals surface area contributed by atoms with Crippen molar-refractivity contribution in [1.82, 2.24) is 20.0 Å². The highest BCUT2D eigenvalue weighted by atomic mass is 16.5. The van der Waals surface area contributed by atoms with Gasteiger partial charge in [0.2, 0.25) is 5.91 Å². The number of hydrogen-bond donors (Lipinski definition) is 2. The van der Waals surface area contributed by atoms with Crippen molar-refractivity contribution in [2.45, 2.75) is 50.6 Å². The van der Waals surface area contributed by atoms with Crippen LogP contribution in [0.15, 0.2) is 30.5 Å². The van der Waals surface area contributed by atoms with Crippen LogP contribution in [0.4, 0.5) is 10.6 Å². The quantitative estimate of drug-likeness (QED) is 0.673. The fraction of sp³-hybridized carbons (Fsp3) is 0.478. The van der Waals surface area contributed by atoms with Gasteiger partial charge in [0.25, 0.3) is 5.91 Å². The minimum atomic E-state index is -1.31. The average molecular weight is 453 g/mol. The number of nitrogens with one attached hydrogen (secondary N) is 2. The van der Waals surface area contributed by atoms with E-state index in [-0.39, 0.29) is 12.6 Å². The smallest absolute Gasteiger partial charge is 0.325 e. The number of anilines is 1. The van der Waals surface area contributed by atoms with E-state index in [2.05, 4.69) is 15.7 Å². The molecule has 1 atom stereocenters. The van der Waals surface area contributed by atoms with Gasteiger partial charge >= 0.3 is 6.03 Å². The van der Waals surface area contributed by atoms with Gasteiger partial charge < -0.3 is 20.1 Å². The van der Waals surface area contributed by atoms with Crippen molar-refractivity contribution in [3.05, 3.63) is 36.0 Å². The predicted octanol–water partition coefficient (Wildman–Crippen LogP) is 2.57. The van der Waals surface area contributed by atoms with Gasteiger partial charge in [-0.05, 0) is 37.5 Å². The molecule has 1 saturated carbocycles. The molecule has 1 aromatic heterocycles. The van der Waals surface area contributed by atoms with Gasteiger partial charge in [0.15, 0.2) is 11.5 Å². The van der Waals surface area contributed by atoms with Crippen LogP contribution in [0.2, 0.25) is 0 Å². The van der Waals surface area contributed by atoms with Crippen molar-refractivity contribution < 1.29 is 23.9 Å². The van der Waals surface area contributed by atoms with E-state index in [1.54, 1.807) is 37.4 Å². The molecule has 2 fully saturated rings. The molecule has 4 amide bonds. The van der Waals surface area contributed by atoms with Crippen molar-refractivity contribution in [1.29, 1.82) is 0 Å². The summed E-state index contributed by atoms with van der Waals surface area (Å²) < 4.78 is 13.2.